The quantitative estimate of drug-likeness (QED) is 0.355. The first kappa shape index (κ1) is 23.5. The molecule has 172 valence electrons. The van der Waals surface area contributed by atoms with Gasteiger partial charge in [0.15, 0.2) is 6.61 Å². The van der Waals surface area contributed by atoms with Gasteiger partial charge in [0.1, 0.15) is 28.9 Å². The molecule has 2 N–H and O–H groups in total. The minimum absolute atomic E-state index is 0.0485. The van der Waals surface area contributed by atoms with Crippen LogP contribution >= 0.6 is 23.2 Å². The van der Waals surface area contributed by atoms with Crippen molar-refractivity contribution in [3.05, 3.63) is 98.4 Å². The number of esters is 1. The Kier molecular flexibility index (Phi) is 6.69. The molecule has 0 fully saturated rings. The molecule has 1 aliphatic heterocycles. The first-order valence-electron chi connectivity index (χ1n) is 10.3. The Bertz CT molecular complexity index is 1340. The fourth-order valence-corrected chi connectivity index (χ4v) is 4.39. The molecule has 3 aromatic carbocycles. The van der Waals surface area contributed by atoms with Crippen molar-refractivity contribution >= 4 is 29.2 Å². The van der Waals surface area contributed by atoms with Crippen LogP contribution in [0.1, 0.15) is 28.2 Å². The molecular formula is C26H20Cl2N2O4. The third kappa shape index (κ3) is 4.96. The normalized spacial score (nSPS) is 14.6. The highest BCUT2D eigenvalue weighted by molar-refractivity contribution is 6.35. The van der Waals surface area contributed by atoms with Gasteiger partial charge < -0.3 is 19.9 Å². The Hall–Kier alpha value is -3.66. The van der Waals surface area contributed by atoms with Crippen LogP contribution in [0.2, 0.25) is 10.0 Å². The maximum absolute atomic E-state index is 12.4. The van der Waals surface area contributed by atoms with Crippen LogP contribution in [-0.2, 0) is 4.79 Å². The summed E-state index contributed by atoms with van der Waals surface area (Å²) in [5, 5.41) is 10.6. The van der Waals surface area contributed by atoms with E-state index in [4.69, 9.17) is 43.1 Å². The second-order valence-corrected chi connectivity index (χ2v) is 8.72. The number of allylic oxidation sites excluding steroid dienone is 1. The third-order valence-corrected chi connectivity index (χ3v) is 5.81. The molecule has 1 atom stereocenters. The molecule has 4 rings (SSSR count). The average molecular weight is 495 g/mol. The standard InChI is InChI=1S/C26H20Cl2N2O4/c1-14-7-15(2)9-18(8-14)32-13-24(31)33-17-4-6-20-23(11-17)34-26(30)21(12-29)25(20)19-5-3-16(27)10-22(19)28/h3-11,25H,13,30H2,1-2H3. The van der Waals surface area contributed by atoms with E-state index in [0.717, 1.165) is 11.1 Å². The predicted molar refractivity (Wildman–Crippen MR) is 129 cm³/mol. The maximum Gasteiger partial charge on any atom is 0.349 e. The summed E-state index contributed by atoms with van der Waals surface area (Å²) >= 11 is 12.5. The summed E-state index contributed by atoms with van der Waals surface area (Å²) in [6.45, 7) is 3.64. The van der Waals surface area contributed by atoms with Crippen LogP contribution in [0.3, 0.4) is 0 Å². The Morgan fingerprint density at radius 2 is 1.74 bits per heavy atom. The van der Waals surface area contributed by atoms with Crippen molar-refractivity contribution in [3.63, 3.8) is 0 Å². The second-order valence-electron chi connectivity index (χ2n) is 7.88. The van der Waals surface area contributed by atoms with E-state index in [1.807, 2.05) is 32.0 Å². The van der Waals surface area contributed by atoms with Gasteiger partial charge in [0.2, 0.25) is 5.88 Å². The molecule has 1 unspecified atom stereocenters. The summed E-state index contributed by atoms with van der Waals surface area (Å²) in [5.74, 6) is 0.0140. The van der Waals surface area contributed by atoms with Gasteiger partial charge in [-0.25, -0.2) is 4.79 Å². The highest BCUT2D eigenvalue weighted by atomic mass is 35.5. The summed E-state index contributed by atoms with van der Waals surface area (Å²) in [6.07, 6.45) is 0. The zero-order valence-corrected chi connectivity index (χ0v) is 19.9. The number of nitrogens with zero attached hydrogens (tertiary/aromatic N) is 1. The number of carbonyl (C=O) groups is 1. The molecule has 0 aliphatic carbocycles. The van der Waals surface area contributed by atoms with Gasteiger partial charge in [0.05, 0.1) is 5.92 Å². The molecule has 34 heavy (non-hydrogen) atoms. The fraction of sp³-hybridized carbons (Fsp3) is 0.154. The molecule has 0 radical (unpaired) electrons. The zero-order chi connectivity index (χ0) is 24.4. The molecule has 0 bridgehead atoms. The van der Waals surface area contributed by atoms with Crippen LogP contribution in [0.15, 0.2) is 66.1 Å². The largest absolute Gasteiger partial charge is 0.482 e. The number of rotatable bonds is 5. The maximum atomic E-state index is 12.4. The molecule has 1 aliphatic rings. The van der Waals surface area contributed by atoms with Crippen LogP contribution in [-0.4, -0.2) is 12.6 Å². The number of nitrogens with two attached hydrogens (primary N) is 1. The number of aryl methyl sites for hydroxylation is 2. The van der Waals surface area contributed by atoms with Crippen LogP contribution < -0.4 is 19.9 Å². The number of nitriles is 1. The Balaban J connectivity index is 1.56. The zero-order valence-electron chi connectivity index (χ0n) is 18.4. The summed E-state index contributed by atoms with van der Waals surface area (Å²) < 4.78 is 16.7. The van der Waals surface area contributed by atoms with Crippen molar-refractivity contribution in [1.82, 2.24) is 0 Å². The number of ether oxygens (including phenoxy) is 3. The van der Waals surface area contributed by atoms with Gasteiger partial charge in [-0.1, -0.05) is 41.4 Å². The molecular weight excluding hydrogens is 475 g/mol. The fourth-order valence-electron chi connectivity index (χ4n) is 3.87. The molecule has 1 heterocycles. The van der Waals surface area contributed by atoms with Crippen molar-refractivity contribution in [2.75, 3.05) is 6.61 Å². The van der Waals surface area contributed by atoms with Gasteiger partial charge in [0.25, 0.3) is 0 Å². The third-order valence-electron chi connectivity index (χ3n) is 5.25. The number of fused-ring (bicyclic) bond motifs is 1. The first-order chi connectivity index (χ1) is 16.2. The predicted octanol–water partition coefficient (Wildman–Crippen LogP) is 5.81. The molecule has 0 amide bonds. The number of hydrogen-bond donors (Lipinski definition) is 1. The van der Waals surface area contributed by atoms with E-state index in [1.54, 1.807) is 36.4 Å². The lowest BCUT2D eigenvalue weighted by atomic mass is 9.83. The smallest absolute Gasteiger partial charge is 0.349 e. The Morgan fingerprint density at radius 1 is 1.03 bits per heavy atom. The van der Waals surface area contributed by atoms with E-state index < -0.39 is 11.9 Å². The van der Waals surface area contributed by atoms with Crippen LogP contribution in [0, 0.1) is 25.2 Å². The molecule has 6 nitrogen and oxygen atoms in total. The van der Waals surface area contributed by atoms with E-state index in [1.165, 1.54) is 0 Å². The van der Waals surface area contributed by atoms with Gasteiger partial charge in [0, 0.05) is 21.7 Å². The average Bonchev–Trinajstić information content (AvgIpc) is 2.76. The summed E-state index contributed by atoms with van der Waals surface area (Å²) in [4.78, 5) is 12.4. The molecule has 0 saturated heterocycles. The van der Waals surface area contributed by atoms with Crippen molar-refractivity contribution in [3.8, 4) is 23.3 Å². The van der Waals surface area contributed by atoms with Gasteiger partial charge in [-0.15, -0.1) is 0 Å². The lowest BCUT2D eigenvalue weighted by molar-refractivity contribution is -0.136. The number of carbonyl (C=O) groups excluding carboxylic acids is 1. The van der Waals surface area contributed by atoms with E-state index in [-0.39, 0.29) is 23.8 Å². The van der Waals surface area contributed by atoms with Crippen molar-refractivity contribution < 1.29 is 19.0 Å². The molecule has 8 heteroatoms. The van der Waals surface area contributed by atoms with Gasteiger partial charge in [-0.2, -0.15) is 5.26 Å². The number of hydrogen-bond acceptors (Lipinski definition) is 6. The summed E-state index contributed by atoms with van der Waals surface area (Å²) in [7, 11) is 0. The topological polar surface area (TPSA) is 94.6 Å². The second kappa shape index (κ2) is 9.68. The Morgan fingerprint density at radius 3 is 2.41 bits per heavy atom. The first-order valence-corrected chi connectivity index (χ1v) is 11.1. The van der Waals surface area contributed by atoms with Crippen molar-refractivity contribution in [2.45, 2.75) is 19.8 Å². The highest BCUT2D eigenvalue weighted by Gasteiger charge is 2.32. The van der Waals surface area contributed by atoms with E-state index in [0.29, 0.717) is 32.7 Å². The van der Waals surface area contributed by atoms with Gasteiger partial charge in [-0.3, -0.25) is 0 Å². The monoisotopic (exact) mass is 494 g/mol. The summed E-state index contributed by atoms with van der Waals surface area (Å²) in [5.41, 5.74) is 9.64. The molecule has 0 aromatic heterocycles. The van der Waals surface area contributed by atoms with E-state index in [9.17, 15) is 10.1 Å². The minimum Gasteiger partial charge on any atom is -0.482 e. The molecule has 0 spiro atoms. The summed E-state index contributed by atoms with van der Waals surface area (Å²) in [6, 6.07) is 17.7. The lowest BCUT2D eigenvalue weighted by Crippen LogP contribution is -2.22. The highest BCUT2D eigenvalue weighted by Crippen LogP contribution is 2.45. The van der Waals surface area contributed by atoms with Gasteiger partial charge in [-0.05, 0) is 60.9 Å². The Labute approximate surface area is 207 Å². The van der Waals surface area contributed by atoms with Crippen LogP contribution in [0.4, 0.5) is 0 Å². The van der Waals surface area contributed by atoms with Gasteiger partial charge >= 0.3 is 5.97 Å². The van der Waals surface area contributed by atoms with E-state index >= 15 is 0 Å². The lowest BCUT2D eigenvalue weighted by Gasteiger charge is -2.27. The SMILES string of the molecule is Cc1cc(C)cc(OCC(=O)Oc2ccc3c(c2)OC(N)=C(C#N)C3c2ccc(Cl)cc2Cl)c1. The van der Waals surface area contributed by atoms with Crippen LogP contribution in [0.25, 0.3) is 0 Å². The number of halogens is 2. The molecule has 0 saturated carbocycles. The minimum atomic E-state index is -0.576. The van der Waals surface area contributed by atoms with Crippen LogP contribution in [0.5, 0.6) is 17.2 Å². The van der Waals surface area contributed by atoms with Crippen molar-refractivity contribution in [1.29, 1.82) is 5.26 Å². The van der Waals surface area contributed by atoms with E-state index in [2.05, 4.69) is 6.07 Å². The number of benzene rings is 3. The molecule has 3 aromatic rings. The van der Waals surface area contributed by atoms with Crippen molar-refractivity contribution in [2.24, 2.45) is 5.73 Å².